The van der Waals surface area contributed by atoms with E-state index in [1.165, 1.54) is 4.31 Å². The molecule has 1 aliphatic rings. The SMILES string of the molecule is Cc1ccc(C2CN(S(N)(=O)=O)CCO2)o1. The van der Waals surface area contributed by atoms with Crippen molar-refractivity contribution >= 4 is 10.2 Å². The molecule has 7 heteroatoms. The summed E-state index contributed by atoms with van der Waals surface area (Å²) in [7, 11) is -3.65. The van der Waals surface area contributed by atoms with Crippen LogP contribution in [0.3, 0.4) is 0 Å². The van der Waals surface area contributed by atoms with Crippen molar-refractivity contribution in [3.63, 3.8) is 0 Å². The fourth-order valence-corrected chi connectivity index (χ4v) is 2.33. The molecule has 0 amide bonds. The number of hydrogen-bond acceptors (Lipinski definition) is 4. The van der Waals surface area contributed by atoms with Gasteiger partial charge in [0.2, 0.25) is 0 Å². The molecule has 0 aromatic carbocycles. The first-order chi connectivity index (χ1) is 7.47. The molecule has 90 valence electrons. The second-order valence-electron chi connectivity index (χ2n) is 3.71. The largest absolute Gasteiger partial charge is 0.464 e. The Bertz CT molecular complexity index is 468. The van der Waals surface area contributed by atoms with Gasteiger partial charge in [0, 0.05) is 13.1 Å². The molecule has 1 aromatic rings. The zero-order chi connectivity index (χ0) is 11.8. The molecular formula is C9H14N2O4S. The van der Waals surface area contributed by atoms with Gasteiger partial charge in [-0.2, -0.15) is 12.7 Å². The van der Waals surface area contributed by atoms with Gasteiger partial charge in [0.15, 0.2) is 0 Å². The van der Waals surface area contributed by atoms with E-state index in [0.717, 1.165) is 5.76 Å². The minimum atomic E-state index is -3.65. The zero-order valence-electron chi connectivity index (χ0n) is 8.92. The van der Waals surface area contributed by atoms with Gasteiger partial charge < -0.3 is 9.15 Å². The van der Waals surface area contributed by atoms with Crippen LogP contribution in [0.5, 0.6) is 0 Å². The van der Waals surface area contributed by atoms with Crippen molar-refractivity contribution in [3.8, 4) is 0 Å². The standard InChI is InChI=1S/C9H14N2O4S/c1-7-2-3-8(15-7)9-6-11(4-5-14-9)16(10,12)13/h2-3,9H,4-6H2,1H3,(H2,10,12,13). The molecule has 0 spiro atoms. The molecule has 2 N–H and O–H groups in total. The van der Waals surface area contributed by atoms with E-state index in [0.29, 0.717) is 12.4 Å². The summed E-state index contributed by atoms with van der Waals surface area (Å²) in [4.78, 5) is 0. The number of furan rings is 1. The van der Waals surface area contributed by atoms with Crippen molar-refractivity contribution in [1.82, 2.24) is 4.31 Å². The van der Waals surface area contributed by atoms with Crippen molar-refractivity contribution in [2.75, 3.05) is 19.7 Å². The lowest BCUT2D eigenvalue weighted by Crippen LogP contribution is -2.45. The lowest BCUT2D eigenvalue weighted by Gasteiger charge is -2.29. The van der Waals surface area contributed by atoms with Gasteiger partial charge in [-0.1, -0.05) is 0 Å². The van der Waals surface area contributed by atoms with E-state index in [-0.39, 0.29) is 19.2 Å². The van der Waals surface area contributed by atoms with Crippen molar-refractivity contribution in [2.45, 2.75) is 13.0 Å². The minimum Gasteiger partial charge on any atom is -0.464 e. The van der Waals surface area contributed by atoms with Crippen molar-refractivity contribution in [2.24, 2.45) is 5.14 Å². The van der Waals surface area contributed by atoms with Crippen molar-refractivity contribution in [1.29, 1.82) is 0 Å². The average molecular weight is 246 g/mol. The second kappa shape index (κ2) is 4.17. The molecule has 2 rings (SSSR count). The van der Waals surface area contributed by atoms with E-state index in [2.05, 4.69) is 0 Å². The Balaban J connectivity index is 2.13. The van der Waals surface area contributed by atoms with Gasteiger partial charge in [0.05, 0.1) is 6.61 Å². The van der Waals surface area contributed by atoms with Gasteiger partial charge in [-0.15, -0.1) is 0 Å². The van der Waals surface area contributed by atoms with Gasteiger partial charge in [0.25, 0.3) is 10.2 Å². The number of aryl methyl sites for hydroxylation is 1. The number of nitrogens with zero attached hydrogens (tertiary/aromatic N) is 1. The smallest absolute Gasteiger partial charge is 0.277 e. The van der Waals surface area contributed by atoms with Crippen LogP contribution < -0.4 is 5.14 Å². The summed E-state index contributed by atoms with van der Waals surface area (Å²) >= 11 is 0. The lowest BCUT2D eigenvalue weighted by molar-refractivity contribution is -0.0146. The Morgan fingerprint density at radius 2 is 2.25 bits per heavy atom. The highest BCUT2D eigenvalue weighted by molar-refractivity contribution is 7.86. The third-order valence-electron chi connectivity index (χ3n) is 2.47. The maximum absolute atomic E-state index is 11.2. The first kappa shape index (κ1) is 11.6. The molecule has 1 aromatic heterocycles. The Morgan fingerprint density at radius 3 is 2.81 bits per heavy atom. The number of hydrogen-bond donors (Lipinski definition) is 1. The quantitative estimate of drug-likeness (QED) is 0.805. The lowest BCUT2D eigenvalue weighted by atomic mass is 10.2. The molecule has 1 saturated heterocycles. The summed E-state index contributed by atoms with van der Waals surface area (Å²) in [5.41, 5.74) is 0. The Kier molecular flexibility index (Phi) is 3.02. The van der Waals surface area contributed by atoms with Crippen LogP contribution in [0.15, 0.2) is 16.5 Å². The summed E-state index contributed by atoms with van der Waals surface area (Å²) in [6.07, 6.45) is -0.374. The molecular weight excluding hydrogens is 232 g/mol. The molecule has 2 heterocycles. The van der Waals surface area contributed by atoms with Crippen LogP contribution in [-0.4, -0.2) is 32.4 Å². The predicted molar refractivity (Wildman–Crippen MR) is 56.8 cm³/mol. The zero-order valence-corrected chi connectivity index (χ0v) is 9.74. The Labute approximate surface area is 94.2 Å². The van der Waals surface area contributed by atoms with Crippen LogP contribution in [0.4, 0.5) is 0 Å². The summed E-state index contributed by atoms with van der Waals surface area (Å²) < 4.78 is 34.4. The summed E-state index contributed by atoms with van der Waals surface area (Å²) in [6, 6.07) is 3.60. The maximum atomic E-state index is 11.2. The summed E-state index contributed by atoms with van der Waals surface area (Å²) in [6.45, 7) is 2.63. The van der Waals surface area contributed by atoms with Crippen LogP contribution in [0.2, 0.25) is 0 Å². The van der Waals surface area contributed by atoms with Crippen LogP contribution >= 0.6 is 0 Å². The number of rotatable bonds is 2. The molecule has 16 heavy (non-hydrogen) atoms. The Morgan fingerprint density at radius 1 is 1.50 bits per heavy atom. The van der Waals surface area contributed by atoms with Gasteiger partial charge in [-0.3, -0.25) is 0 Å². The number of ether oxygens (including phenoxy) is 1. The molecule has 1 aliphatic heterocycles. The van der Waals surface area contributed by atoms with Crippen LogP contribution in [0.1, 0.15) is 17.6 Å². The molecule has 6 nitrogen and oxygen atoms in total. The van der Waals surface area contributed by atoms with Gasteiger partial charge in [-0.25, -0.2) is 5.14 Å². The molecule has 1 atom stereocenters. The molecule has 0 saturated carbocycles. The number of nitrogens with two attached hydrogens (primary N) is 1. The van der Waals surface area contributed by atoms with Crippen molar-refractivity contribution < 1.29 is 17.6 Å². The van der Waals surface area contributed by atoms with E-state index in [9.17, 15) is 8.42 Å². The molecule has 0 aliphatic carbocycles. The third kappa shape index (κ3) is 2.43. The fourth-order valence-electron chi connectivity index (χ4n) is 1.66. The number of morpholine rings is 1. The first-order valence-electron chi connectivity index (χ1n) is 4.92. The second-order valence-corrected chi connectivity index (χ2v) is 5.26. The minimum absolute atomic E-state index is 0.200. The van der Waals surface area contributed by atoms with Crippen molar-refractivity contribution in [3.05, 3.63) is 23.7 Å². The van der Waals surface area contributed by atoms with E-state index >= 15 is 0 Å². The highest BCUT2D eigenvalue weighted by Gasteiger charge is 2.29. The first-order valence-corrected chi connectivity index (χ1v) is 6.43. The van der Waals surface area contributed by atoms with Crippen LogP contribution in [-0.2, 0) is 14.9 Å². The monoisotopic (exact) mass is 246 g/mol. The topological polar surface area (TPSA) is 85.8 Å². The molecule has 1 unspecified atom stereocenters. The van der Waals surface area contributed by atoms with Crippen LogP contribution in [0.25, 0.3) is 0 Å². The summed E-state index contributed by atoms with van der Waals surface area (Å²) in [5, 5.41) is 5.07. The van der Waals surface area contributed by atoms with Gasteiger partial charge in [0.1, 0.15) is 17.6 Å². The van der Waals surface area contributed by atoms with Gasteiger partial charge >= 0.3 is 0 Å². The van der Waals surface area contributed by atoms with E-state index in [1.54, 1.807) is 6.07 Å². The van der Waals surface area contributed by atoms with Gasteiger partial charge in [-0.05, 0) is 19.1 Å². The van der Waals surface area contributed by atoms with Crippen LogP contribution in [0, 0.1) is 6.92 Å². The molecule has 1 fully saturated rings. The highest BCUT2D eigenvalue weighted by atomic mass is 32.2. The molecule has 0 bridgehead atoms. The Hall–Kier alpha value is -0.890. The molecule has 0 radical (unpaired) electrons. The predicted octanol–water partition coefficient (Wildman–Crippen LogP) is 0.165. The highest BCUT2D eigenvalue weighted by Crippen LogP contribution is 2.24. The van der Waals surface area contributed by atoms with E-state index < -0.39 is 10.2 Å². The third-order valence-corrected chi connectivity index (χ3v) is 3.52. The van der Waals surface area contributed by atoms with E-state index in [4.69, 9.17) is 14.3 Å². The average Bonchev–Trinajstić information content (AvgIpc) is 2.64. The van der Waals surface area contributed by atoms with E-state index in [1.807, 2.05) is 13.0 Å². The fraction of sp³-hybridized carbons (Fsp3) is 0.556. The summed E-state index contributed by atoms with van der Waals surface area (Å²) in [5.74, 6) is 1.40. The normalized spacial score (nSPS) is 23.5. The maximum Gasteiger partial charge on any atom is 0.277 e.